The van der Waals surface area contributed by atoms with Crippen molar-refractivity contribution in [2.24, 2.45) is 0 Å². The second-order valence-electron chi connectivity index (χ2n) is 5.89. The Morgan fingerprint density at radius 3 is 2.90 bits per heavy atom. The van der Waals surface area contributed by atoms with Crippen molar-refractivity contribution in [2.75, 3.05) is 13.1 Å². The van der Waals surface area contributed by atoms with Crippen LogP contribution in [0.15, 0.2) is 22.7 Å². The molecule has 0 spiro atoms. The number of halogens is 2. The lowest BCUT2D eigenvalue weighted by molar-refractivity contribution is 0.0562. The predicted octanol–water partition coefficient (Wildman–Crippen LogP) is 3.85. The molecule has 3 rings (SSSR count). The van der Waals surface area contributed by atoms with E-state index in [9.17, 15) is 4.79 Å². The summed E-state index contributed by atoms with van der Waals surface area (Å²) in [7, 11) is 0. The molecular weight excluding hydrogens is 352 g/mol. The first-order valence-electron chi connectivity index (χ1n) is 7.66. The quantitative estimate of drug-likeness (QED) is 0.856. The van der Waals surface area contributed by atoms with Crippen molar-refractivity contribution < 1.29 is 4.79 Å². The van der Waals surface area contributed by atoms with Gasteiger partial charge < -0.3 is 10.2 Å². The summed E-state index contributed by atoms with van der Waals surface area (Å²) in [6.07, 6.45) is 5.79. The van der Waals surface area contributed by atoms with Crippen molar-refractivity contribution in [3.8, 4) is 0 Å². The number of nitrogens with zero attached hydrogens (tertiary/aromatic N) is 1. The van der Waals surface area contributed by atoms with E-state index < -0.39 is 0 Å². The minimum atomic E-state index is 0.0998. The molecule has 3 nitrogen and oxygen atoms in total. The highest BCUT2D eigenvalue weighted by atomic mass is 79.9. The van der Waals surface area contributed by atoms with Gasteiger partial charge in [0.1, 0.15) is 0 Å². The third-order valence-electron chi connectivity index (χ3n) is 4.53. The van der Waals surface area contributed by atoms with E-state index in [2.05, 4.69) is 26.1 Å². The summed E-state index contributed by atoms with van der Waals surface area (Å²) >= 11 is 9.54. The van der Waals surface area contributed by atoms with Crippen LogP contribution in [-0.2, 0) is 0 Å². The zero-order chi connectivity index (χ0) is 14.8. The molecule has 1 amide bonds. The van der Waals surface area contributed by atoms with Gasteiger partial charge in [-0.2, -0.15) is 0 Å². The Kier molecular flexibility index (Phi) is 4.87. The molecule has 0 radical (unpaired) electrons. The minimum absolute atomic E-state index is 0.0998. The number of hydrogen-bond acceptors (Lipinski definition) is 2. The van der Waals surface area contributed by atoms with Crippen LogP contribution in [0, 0.1) is 0 Å². The molecule has 1 aromatic rings. The van der Waals surface area contributed by atoms with Crippen molar-refractivity contribution in [3.63, 3.8) is 0 Å². The fraction of sp³-hybridized carbons (Fsp3) is 0.562. The Morgan fingerprint density at radius 1 is 1.29 bits per heavy atom. The van der Waals surface area contributed by atoms with Gasteiger partial charge in [0, 0.05) is 28.1 Å². The van der Waals surface area contributed by atoms with Crippen molar-refractivity contribution in [3.05, 3.63) is 33.3 Å². The summed E-state index contributed by atoms with van der Waals surface area (Å²) in [5.41, 5.74) is 0.674. The minimum Gasteiger partial charge on any atom is -0.334 e. The fourth-order valence-corrected chi connectivity index (χ4v) is 4.07. The summed E-state index contributed by atoms with van der Waals surface area (Å²) < 4.78 is 0.820. The lowest BCUT2D eigenvalue weighted by Gasteiger charge is -2.39. The molecule has 114 valence electrons. The fourth-order valence-electron chi connectivity index (χ4n) is 3.48. The van der Waals surface area contributed by atoms with Gasteiger partial charge in [-0.25, -0.2) is 0 Å². The number of benzene rings is 1. The maximum atomic E-state index is 12.9. The molecule has 2 heterocycles. The molecule has 0 bridgehead atoms. The Balaban J connectivity index is 1.85. The van der Waals surface area contributed by atoms with Gasteiger partial charge in [-0.05, 0) is 72.8 Å². The molecule has 0 saturated carbocycles. The highest BCUT2D eigenvalue weighted by molar-refractivity contribution is 9.10. The normalized spacial score (nSPS) is 26.1. The average Bonchev–Trinajstić information content (AvgIpc) is 3.03. The van der Waals surface area contributed by atoms with Crippen LogP contribution in [-0.4, -0.2) is 36.0 Å². The van der Waals surface area contributed by atoms with E-state index in [4.69, 9.17) is 11.6 Å². The molecule has 2 fully saturated rings. The number of carbonyl (C=O) groups excluding carboxylic acids is 1. The van der Waals surface area contributed by atoms with Crippen LogP contribution < -0.4 is 5.32 Å². The molecule has 1 N–H and O–H groups in total. The predicted molar refractivity (Wildman–Crippen MR) is 88.9 cm³/mol. The van der Waals surface area contributed by atoms with E-state index in [0.29, 0.717) is 22.7 Å². The molecule has 0 aromatic heterocycles. The van der Waals surface area contributed by atoms with Crippen molar-refractivity contribution in [2.45, 2.75) is 44.2 Å². The standard InChI is InChI=1S/C16H20BrClN2O/c17-13-7-6-11(18)10-12(13)16(21)20-9-2-1-5-15(20)14-4-3-8-19-14/h6-7,10,14-15,19H,1-5,8-9H2. The van der Waals surface area contributed by atoms with Gasteiger partial charge in [0.15, 0.2) is 0 Å². The highest BCUT2D eigenvalue weighted by Gasteiger charge is 2.35. The third-order valence-corrected chi connectivity index (χ3v) is 5.46. The monoisotopic (exact) mass is 370 g/mol. The van der Waals surface area contributed by atoms with Crippen LogP contribution in [0.4, 0.5) is 0 Å². The van der Waals surface area contributed by atoms with Crippen LogP contribution in [0.1, 0.15) is 42.5 Å². The molecule has 2 saturated heterocycles. The summed E-state index contributed by atoms with van der Waals surface area (Å²) in [5, 5.41) is 4.16. The van der Waals surface area contributed by atoms with Crippen LogP contribution in [0.25, 0.3) is 0 Å². The molecule has 2 unspecified atom stereocenters. The molecule has 2 aliphatic heterocycles. The number of nitrogens with one attached hydrogen (secondary N) is 1. The first-order valence-corrected chi connectivity index (χ1v) is 8.83. The highest BCUT2D eigenvalue weighted by Crippen LogP contribution is 2.29. The second kappa shape index (κ2) is 6.67. The van der Waals surface area contributed by atoms with E-state index in [1.165, 1.54) is 19.3 Å². The van der Waals surface area contributed by atoms with E-state index >= 15 is 0 Å². The van der Waals surface area contributed by atoms with Crippen LogP contribution >= 0.6 is 27.5 Å². The second-order valence-corrected chi connectivity index (χ2v) is 7.18. The van der Waals surface area contributed by atoms with Gasteiger partial charge in [0.25, 0.3) is 5.91 Å². The number of piperidine rings is 1. The first kappa shape index (κ1) is 15.3. The third kappa shape index (κ3) is 3.27. The Bertz CT molecular complexity index is 531. The van der Waals surface area contributed by atoms with E-state index in [1.54, 1.807) is 12.1 Å². The van der Waals surface area contributed by atoms with Gasteiger partial charge in [-0.15, -0.1) is 0 Å². The molecule has 2 aliphatic rings. The smallest absolute Gasteiger partial charge is 0.255 e. The maximum Gasteiger partial charge on any atom is 0.255 e. The summed E-state index contributed by atoms with van der Waals surface area (Å²) in [4.78, 5) is 15.0. The number of amides is 1. The Labute approximate surface area is 139 Å². The van der Waals surface area contributed by atoms with Crippen molar-refractivity contribution >= 4 is 33.4 Å². The lowest BCUT2D eigenvalue weighted by Crippen LogP contribution is -2.52. The molecule has 21 heavy (non-hydrogen) atoms. The van der Waals surface area contributed by atoms with Gasteiger partial charge in [0.2, 0.25) is 0 Å². The number of rotatable bonds is 2. The van der Waals surface area contributed by atoms with Gasteiger partial charge in [0.05, 0.1) is 5.56 Å². The number of carbonyl (C=O) groups is 1. The first-order chi connectivity index (χ1) is 10.2. The molecule has 0 aliphatic carbocycles. The Morgan fingerprint density at radius 2 is 2.14 bits per heavy atom. The van der Waals surface area contributed by atoms with Gasteiger partial charge >= 0.3 is 0 Å². The maximum absolute atomic E-state index is 12.9. The summed E-state index contributed by atoms with van der Waals surface area (Å²) in [5.74, 6) is 0.0998. The number of hydrogen-bond donors (Lipinski definition) is 1. The van der Waals surface area contributed by atoms with Crippen LogP contribution in [0.5, 0.6) is 0 Å². The van der Waals surface area contributed by atoms with Crippen LogP contribution in [0.2, 0.25) is 5.02 Å². The molecule has 2 atom stereocenters. The molecular formula is C16H20BrClN2O. The SMILES string of the molecule is O=C(c1cc(Cl)ccc1Br)N1CCCCC1C1CCCN1. The van der Waals surface area contributed by atoms with Gasteiger partial charge in [-0.3, -0.25) is 4.79 Å². The van der Waals surface area contributed by atoms with Crippen molar-refractivity contribution in [1.29, 1.82) is 0 Å². The zero-order valence-corrected chi connectivity index (χ0v) is 14.3. The van der Waals surface area contributed by atoms with E-state index in [-0.39, 0.29) is 5.91 Å². The number of likely N-dealkylation sites (tertiary alicyclic amines) is 1. The van der Waals surface area contributed by atoms with E-state index in [1.807, 2.05) is 6.07 Å². The van der Waals surface area contributed by atoms with Crippen molar-refractivity contribution in [1.82, 2.24) is 10.2 Å². The van der Waals surface area contributed by atoms with Crippen LogP contribution in [0.3, 0.4) is 0 Å². The largest absolute Gasteiger partial charge is 0.334 e. The zero-order valence-electron chi connectivity index (χ0n) is 11.9. The topological polar surface area (TPSA) is 32.3 Å². The average molecular weight is 372 g/mol. The lowest BCUT2D eigenvalue weighted by atomic mass is 9.93. The molecule has 1 aromatic carbocycles. The summed E-state index contributed by atoms with van der Waals surface area (Å²) in [6.45, 7) is 1.92. The van der Waals surface area contributed by atoms with E-state index in [0.717, 1.165) is 30.4 Å². The molecule has 5 heteroatoms. The Hall–Kier alpha value is -0.580. The summed E-state index contributed by atoms with van der Waals surface area (Å²) in [6, 6.07) is 6.19. The van der Waals surface area contributed by atoms with Gasteiger partial charge in [-0.1, -0.05) is 11.6 Å².